The first kappa shape index (κ1) is 30.9. The number of nitrogens with zero attached hydrogens (tertiary/aromatic N) is 1. The van der Waals surface area contributed by atoms with Crippen LogP contribution in [0.1, 0.15) is 5.56 Å². The number of hydrogen-bond donors (Lipinski definition) is 0. The van der Waals surface area contributed by atoms with Crippen molar-refractivity contribution in [3.63, 3.8) is 0 Å². The first-order valence-electron chi connectivity index (χ1n) is 18.3. The Morgan fingerprint density at radius 1 is 0.321 bits per heavy atom. The van der Waals surface area contributed by atoms with Crippen LogP contribution < -0.4 is 0 Å². The lowest BCUT2D eigenvalue weighted by Gasteiger charge is -2.19. The van der Waals surface area contributed by atoms with Crippen LogP contribution in [0.15, 0.2) is 194 Å². The topological polar surface area (TPSA) is 12.9 Å². The Balaban J connectivity index is 1.16. The predicted molar refractivity (Wildman–Crippen MR) is 226 cm³/mol. The molecule has 9 aromatic carbocycles. The third-order valence-corrected chi connectivity index (χ3v) is 10.8. The Morgan fingerprint density at radius 2 is 0.830 bits per heavy atom. The van der Waals surface area contributed by atoms with Crippen molar-refractivity contribution in [3.05, 3.63) is 200 Å². The van der Waals surface area contributed by atoms with Gasteiger partial charge in [0.2, 0.25) is 0 Å². The maximum atomic E-state index is 4.83. The van der Waals surface area contributed by atoms with Crippen molar-refractivity contribution in [2.45, 2.75) is 6.92 Å². The Morgan fingerprint density at radius 3 is 1.57 bits per heavy atom. The first-order chi connectivity index (χ1) is 26.2. The van der Waals surface area contributed by atoms with Crippen molar-refractivity contribution >= 4 is 43.1 Å². The number of aromatic nitrogens is 1. The van der Waals surface area contributed by atoms with Gasteiger partial charge in [0.1, 0.15) is 0 Å². The summed E-state index contributed by atoms with van der Waals surface area (Å²) in [5.74, 6) is 0. The van der Waals surface area contributed by atoms with Crippen molar-refractivity contribution in [1.29, 1.82) is 0 Å². The monoisotopic (exact) mass is 673 g/mol. The maximum absolute atomic E-state index is 4.83. The van der Waals surface area contributed by atoms with Crippen LogP contribution in [0.5, 0.6) is 0 Å². The fourth-order valence-corrected chi connectivity index (χ4v) is 8.30. The van der Waals surface area contributed by atoms with E-state index in [2.05, 4.69) is 195 Å². The number of rotatable bonds is 5. The van der Waals surface area contributed by atoms with E-state index in [1.165, 1.54) is 87.6 Å². The summed E-state index contributed by atoms with van der Waals surface area (Å²) in [6, 6.07) is 68.6. The second-order valence-electron chi connectivity index (χ2n) is 14.0. The van der Waals surface area contributed by atoms with Crippen LogP contribution in [-0.2, 0) is 0 Å². The second-order valence-corrected chi connectivity index (χ2v) is 14.0. The summed E-state index contributed by atoms with van der Waals surface area (Å²) in [7, 11) is 0. The van der Waals surface area contributed by atoms with Gasteiger partial charge in [0.25, 0.3) is 0 Å². The van der Waals surface area contributed by atoms with Crippen LogP contribution in [0.2, 0.25) is 0 Å². The zero-order valence-electron chi connectivity index (χ0n) is 29.4. The van der Waals surface area contributed by atoms with E-state index in [1.807, 2.05) is 6.20 Å². The van der Waals surface area contributed by atoms with Crippen LogP contribution in [0.3, 0.4) is 0 Å². The first-order valence-corrected chi connectivity index (χ1v) is 18.3. The fourth-order valence-electron chi connectivity index (χ4n) is 8.30. The van der Waals surface area contributed by atoms with Gasteiger partial charge >= 0.3 is 0 Å². The van der Waals surface area contributed by atoms with Gasteiger partial charge in [-0.05, 0) is 113 Å². The van der Waals surface area contributed by atoms with E-state index in [0.717, 1.165) is 16.8 Å². The predicted octanol–water partition coefficient (Wildman–Crippen LogP) is 14.3. The average Bonchev–Trinajstić information content (AvgIpc) is 3.22. The van der Waals surface area contributed by atoms with Crippen LogP contribution in [0, 0.1) is 6.92 Å². The number of fused-ring (bicyclic) bond motifs is 4. The maximum Gasteiger partial charge on any atom is 0.0714 e. The molecular weight excluding hydrogens is 639 g/mol. The SMILES string of the molecule is Cc1ccc(-c2cccc3c(-c4c5ccccc5c(-c5cccc(-c6ccnc(-c7cccc8ccccc78)c6)c5)c5ccccc45)cccc23)cc1. The van der Waals surface area contributed by atoms with Gasteiger partial charge in [-0.1, -0.05) is 175 Å². The van der Waals surface area contributed by atoms with Crippen molar-refractivity contribution in [2.24, 2.45) is 0 Å². The van der Waals surface area contributed by atoms with E-state index in [9.17, 15) is 0 Å². The highest BCUT2D eigenvalue weighted by atomic mass is 14.7. The van der Waals surface area contributed by atoms with E-state index in [4.69, 9.17) is 4.98 Å². The van der Waals surface area contributed by atoms with Gasteiger partial charge in [0, 0.05) is 11.8 Å². The zero-order valence-corrected chi connectivity index (χ0v) is 29.4. The molecular formula is C52H35N. The van der Waals surface area contributed by atoms with Crippen LogP contribution in [0.25, 0.3) is 98.9 Å². The summed E-state index contributed by atoms with van der Waals surface area (Å²) in [4.78, 5) is 4.83. The minimum atomic E-state index is 0.977. The summed E-state index contributed by atoms with van der Waals surface area (Å²) >= 11 is 0. The number of aryl methyl sites for hydroxylation is 1. The quantitative estimate of drug-likeness (QED) is 0.166. The number of benzene rings is 9. The highest BCUT2D eigenvalue weighted by Crippen LogP contribution is 2.46. The highest BCUT2D eigenvalue weighted by Gasteiger charge is 2.19. The largest absolute Gasteiger partial charge is 0.256 e. The summed E-state index contributed by atoms with van der Waals surface area (Å²) < 4.78 is 0. The van der Waals surface area contributed by atoms with Crippen molar-refractivity contribution in [1.82, 2.24) is 4.98 Å². The summed E-state index contributed by atoms with van der Waals surface area (Å²) in [6.45, 7) is 2.14. The molecule has 1 nitrogen and oxygen atoms in total. The molecule has 0 radical (unpaired) electrons. The molecule has 0 aliphatic rings. The van der Waals surface area contributed by atoms with Gasteiger partial charge in [-0.15, -0.1) is 0 Å². The smallest absolute Gasteiger partial charge is 0.0714 e. The summed E-state index contributed by atoms with van der Waals surface area (Å²) in [5.41, 5.74) is 13.2. The van der Waals surface area contributed by atoms with Crippen molar-refractivity contribution < 1.29 is 0 Å². The average molecular weight is 674 g/mol. The molecule has 53 heavy (non-hydrogen) atoms. The molecule has 1 heterocycles. The molecule has 0 aliphatic carbocycles. The van der Waals surface area contributed by atoms with Gasteiger partial charge in [-0.2, -0.15) is 0 Å². The third kappa shape index (κ3) is 5.29. The van der Waals surface area contributed by atoms with Gasteiger partial charge in [-0.3, -0.25) is 4.98 Å². The number of pyridine rings is 1. The van der Waals surface area contributed by atoms with Gasteiger partial charge in [-0.25, -0.2) is 0 Å². The van der Waals surface area contributed by atoms with Crippen LogP contribution >= 0.6 is 0 Å². The Labute approximate surface area is 309 Å². The van der Waals surface area contributed by atoms with E-state index in [-0.39, 0.29) is 0 Å². The molecule has 0 amide bonds. The molecule has 0 spiro atoms. The standard InChI is InChI=1S/C52H35N/c1-34-26-28-36(29-27-34)40-21-10-23-43-42(40)22-11-25-45(43)52-48-19-6-4-17-46(48)51(47-18-5-7-20-49(47)52)39-15-8-14-37(32-39)38-30-31-53-50(33-38)44-24-9-13-35-12-2-3-16-41(35)44/h2-33H,1H3. The van der Waals surface area contributed by atoms with Gasteiger partial charge in [0.15, 0.2) is 0 Å². The molecule has 0 fully saturated rings. The highest BCUT2D eigenvalue weighted by molar-refractivity contribution is 6.24. The summed E-state index contributed by atoms with van der Waals surface area (Å²) in [5, 5.41) is 9.95. The molecule has 1 aromatic heterocycles. The molecule has 248 valence electrons. The molecule has 10 aromatic rings. The van der Waals surface area contributed by atoms with E-state index in [1.54, 1.807) is 0 Å². The summed E-state index contributed by atoms with van der Waals surface area (Å²) in [6.07, 6.45) is 1.94. The Bertz CT molecular complexity index is 2940. The normalized spacial score (nSPS) is 11.5. The lowest BCUT2D eigenvalue weighted by Crippen LogP contribution is -1.92. The van der Waals surface area contributed by atoms with Gasteiger partial charge < -0.3 is 0 Å². The van der Waals surface area contributed by atoms with E-state index >= 15 is 0 Å². The lowest BCUT2D eigenvalue weighted by atomic mass is 9.83. The van der Waals surface area contributed by atoms with Gasteiger partial charge in [0.05, 0.1) is 5.69 Å². The fraction of sp³-hybridized carbons (Fsp3) is 0.0192. The molecule has 0 saturated heterocycles. The van der Waals surface area contributed by atoms with Crippen LogP contribution in [-0.4, -0.2) is 4.98 Å². The Kier molecular flexibility index (Phi) is 7.44. The van der Waals surface area contributed by atoms with Crippen molar-refractivity contribution in [3.8, 4) is 55.8 Å². The molecule has 0 aliphatic heterocycles. The van der Waals surface area contributed by atoms with E-state index in [0.29, 0.717) is 0 Å². The molecule has 0 unspecified atom stereocenters. The minimum Gasteiger partial charge on any atom is -0.256 e. The zero-order chi connectivity index (χ0) is 35.3. The molecule has 10 rings (SSSR count). The molecule has 1 heteroatoms. The van der Waals surface area contributed by atoms with Crippen molar-refractivity contribution in [2.75, 3.05) is 0 Å². The third-order valence-electron chi connectivity index (χ3n) is 10.8. The second kappa shape index (κ2) is 12.7. The van der Waals surface area contributed by atoms with Crippen LogP contribution in [0.4, 0.5) is 0 Å². The number of hydrogen-bond acceptors (Lipinski definition) is 1. The molecule has 0 saturated carbocycles. The molecule has 0 bridgehead atoms. The molecule has 0 atom stereocenters. The minimum absolute atomic E-state index is 0.977. The Hall–Kier alpha value is -6.83. The lowest BCUT2D eigenvalue weighted by molar-refractivity contribution is 1.33. The molecule has 0 N–H and O–H groups in total. The van der Waals surface area contributed by atoms with E-state index < -0.39 is 0 Å².